The van der Waals surface area contributed by atoms with Gasteiger partial charge in [0.15, 0.2) is 11.6 Å². The fourth-order valence-electron chi connectivity index (χ4n) is 2.78. The Labute approximate surface area is 106 Å². The molecule has 0 radical (unpaired) electrons. The van der Waals surface area contributed by atoms with Crippen LogP contribution in [0.4, 0.5) is 0 Å². The van der Waals surface area contributed by atoms with Gasteiger partial charge in [0.25, 0.3) is 0 Å². The lowest BCUT2D eigenvalue weighted by Gasteiger charge is -2.41. The van der Waals surface area contributed by atoms with Crippen LogP contribution in [0.2, 0.25) is 0 Å². The molecule has 0 aromatic heterocycles. The molecule has 1 spiro atoms. The molecule has 0 unspecified atom stereocenters. The van der Waals surface area contributed by atoms with Crippen molar-refractivity contribution in [2.75, 3.05) is 13.2 Å². The van der Waals surface area contributed by atoms with Crippen LogP contribution in [-0.2, 0) is 23.7 Å². The number of hydrogen-bond donors (Lipinski definition) is 1. The minimum Gasteiger partial charge on any atom is -0.385 e. The van der Waals surface area contributed by atoms with Crippen molar-refractivity contribution in [2.45, 2.75) is 63.4 Å². The number of hydrogen-bond acceptors (Lipinski definition) is 6. The monoisotopic (exact) mass is 260 g/mol. The topological polar surface area (TPSA) is 66.4 Å². The second kappa shape index (κ2) is 3.65. The maximum absolute atomic E-state index is 10.5. The highest BCUT2D eigenvalue weighted by Gasteiger charge is 2.62. The van der Waals surface area contributed by atoms with Crippen LogP contribution in [0.15, 0.2) is 0 Å². The van der Waals surface area contributed by atoms with Gasteiger partial charge in [0, 0.05) is 0 Å². The lowest BCUT2D eigenvalue weighted by atomic mass is 9.97. The molecule has 3 rings (SSSR count). The van der Waals surface area contributed by atoms with E-state index in [1.54, 1.807) is 13.8 Å². The molecule has 3 saturated heterocycles. The Balaban J connectivity index is 1.82. The standard InChI is InChI=1S/C12H20O6/c1-10(2)15-6-12(18-10)9(13)8-7(5-14-12)16-11(3,4)17-8/h7-9,13H,5-6H2,1-4H3/t7-,8+,9-,12+/m1/s1. The smallest absolute Gasteiger partial charge is 0.224 e. The predicted molar refractivity (Wildman–Crippen MR) is 59.6 cm³/mol. The van der Waals surface area contributed by atoms with Gasteiger partial charge in [-0.25, -0.2) is 0 Å². The first-order valence-corrected chi connectivity index (χ1v) is 6.25. The summed E-state index contributed by atoms with van der Waals surface area (Å²) < 4.78 is 28.3. The normalized spacial score (nSPS) is 49.5. The van der Waals surface area contributed by atoms with Crippen molar-refractivity contribution >= 4 is 0 Å². The first kappa shape index (κ1) is 12.8. The molecule has 0 aromatic carbocycles. The van der Waals surface area contributed by atoms with Gasteiger partial charge in [0.2, 0.25) is 5.79 Å². The quantitative estimate of drug-likeness (QED) is 0.679. The number of rotatable bonds is 0. The summed E-state index contributed by atoms with van der Waals surface area (Å²) in [5.41, 5.74) is 0. The second-order valence-corrected chi connectivity index (χ2v) is 6.00. The highest BCUT2D eigenvalue weighted by molar-refractivity contribution is 5.00. The Morgan fingerprint density at radius 2 is 1.72 bits per heavy atom. The molecule has 0 aliphatic carbocycles. The molecule has 3 heterocycles. The Morgan fingerprint density at radius 1 is 1.00 bits per heavy atom. The maximum atomic E-state index is 10.5. The molecule has 0 bridgehead atoms. The molecule has 104 valence electrons. The van der Waals surface area contributed by atoms with Gasteiger partial charge in [-0.1, -0.05) is 0 Å². The van der Waals surface area contributed by atoms with E-state index < -0.39 is 29.6 Å². The van der Waals surface area contributed by atoms with Crippen LogP contribution in [0.25, 0.3) is 0 Å². The molecule has 0 amide bonds. The summed E-state index contributed by atoms with van der Waals surface area (Å²) in [6, 6.07) is 0. The molecule has 1 N–H and O–H groups in total. The van der Waals surface area contributed by atoms with E-state index in [9.17, 15) is 5.11 Å². The minimum absolute atomic E-state index is 0.189. The van der Waals surface area contributed by atoms with E-state index in [0.29, 0.717) is 6.61 Å². The zero-order valence-corrected chi connectivity index (χ0v) is 11.1. The molecule has 3 aliphatic heterocycles. The minimum atomic E-state index is -1.14. The Kier molecular flexibility index (Phi) is 2.59. The summed E-state index contributed by atoms with van der Waals surface area (Å²) in [7, 11) is 0. The van der Waals surface area contributed by atoms with Gasteiger partial charge in [-0.2, -0.15) is 0 Å². The fraction of sp³-hybridized carbons (Fsp3) is 1.00. The van der Waals surface area contributed by atoms with Gasteiger partial charge >= 0.3 is 0 Å². The third kappa shape index (κ3) is 1.88. The summed E-state index contributed by atoms with van der Waals surface area (Å²) in [5, 5.41) is 10.5. The summed E-state index contributed by atoms with van der Waals surface area (Å²) in [6.45, 7) is 7.74. The molecular formula is C12H20O6. The molecule has 6 nitrogen and oxygen atoms in total. The number of ether oxygens (including phenoxy) is 5. The summed E-state index contributed by atoms with van der Waals surface area (Å²) in [4.78, 5) is 0. The molecule has 6 heteroatoms. The average molecular weight is 260 g/mol. The van der Waals surface area contributed by atoms with Crippen LogP contribution in [0, 0.1) is 0 Å². The van der Waals surface area contributed by atoms with Gasteiger partial charge < -0.3 is 28.8 Å². The first-order chi connectivity index (χ1) is 8.23. The van der Waals surface area contributed by atoms with Crippen molar-refractivity contribution < 1.29 is 28.8 Å². The van der Waals surface area contributed by atoms with Crippen molar-refractivity contribution in [1.29, 1.82) is 0 Å². The molecule has 0 saturated carbocycles. The van der Waals surface area contributed by atoms with Gasteiger partial charge in [-0.05, 0) is 27.7 Å². The van der Waals surface area contributed by atoms with Gasteiger partial charge in [-0.15, -0.1) is 0 Å². The van der Waals surface area contributed by atoms with Crippen molar-refractivity contribution in [2.24, 2.45) is 0 Å². The highest BCUT2D eigenvalue weighted by atomic mass is 16.9. The third-order valence-corrected chi connectivity index (χ3v) is 3.51. The number of aliphatic hydroxyl groups is 1. The van der Waals surface area contributed by atoms with E-state index in [4.69, 9.17) is 23.7 Å². The Hall–Kier alpha value is -0.240. The largest absolute Gasteiger partial charge is 0.385 e. The fourth-order valence-corrected chi connectivity index (χ4v) is 2.78. The van der Waals surface area contributed by atoms with Crippen LogP contribution in [-0.4, -0.2) is 54.0 Å². The van der Waals surface area contributed by atoms with E-state index in [1.807, 2.05) is 13.8 Å². The van der Waals surface area contributed by atoms with Crippen LogP contribution < -0.4 is 0 Å². The first-order valence-electron chi connectivity index (χ1n) is 6.25. The predicted octanol–water partition coefficient (Wildman–Crippen LogP) is 0.377. The van der Waals surface area contributed by atoms with E-state index >= 15 is 0 Å². The molecule has 0 aromatic rings. The van der Waals surface area contributed by atoms with Crippen LogP contribution in [0.5, 0.6) is 0 Å². The maximum Gasteiger partial charge on any atom is 0.224 e. The Bertz CT molecular complexity index is 352. The second-order valence-electron chi connectivity index (χ2n) is 6.00. The molecule has 3 fully saturated rings. The van der Waals surface area contributed by atoms with Crippen molar-refractivity contribution in [3.63, 3.8) is 0 Å². The van der Waals surface area contributed by atoms with E-state index in [1.165, 1.54) is 0 Å². The summed E-state index contributed by atoms with van der Waals surface area (Å²) in [5.74, 6) is -2.61. The summed E-state index contributed by atoms with van der Waals surface area (Å²) >= 11 is 0. The molecular weight excluding hydrogens is 240 g/mol. The van der Waals surface area contributed by atoms with E-state index in [2.05, 4.69) is 0 Å². The molecule has 3 aliphatic rings. The summed E-state index contributed by atoms with van der Waals surface area (Å²) in [6.07, 6.45) is -1.65. The lowest BCUT2D eigenvalue weighted by Crippen LogP contribution is -2.61. The van der Waals surface area contributed by atoms with Gasteiger partial charge in [-0.3, -0.25) is 0 Å². The van der Waals surface area contributed by atoms with Crippen molar-refractivity contribution in [3.05, 3.63) is 0 Å². The van der Waals surface area contributed by atoms with E-state index in [-0.39, 0.29) is 12.7 Å². The number of aliphatic hydroxyl groups excluding tert-OH is 1. The van der Waals surface area contributed by atoms with Crippen LogP contribution in [0.1, 0.15) is 27.7 Å². The van der Waals surface area contributed by atoms with Crippen LogP contribution in [0.3, 0.4) is 0 Å². The van der Waals surface area contributed by atoms with E-state index in [0.717, 1.165) is 0 Å². The third-order valence-electron chi connectivity index (χ3n) is 3.51. The molecule has 18 heavy (non-hydrogen) atoms. The van der Waals surface area contributed by atoms with Gasteiger partial charge in [0.1, 0.15) is 24.9 Å². The molecule has 4 atom stereocenters. The number of fused-ring (bicyclic) bond motifs is 1. The van der Waals surface area contributed by atoms with Crippen LogP contribution >= 0.6 is 0 Å². The van der Waals surface area contributed by atoms with Crippen molar-refractivity contribution in [1.82, 2.24) is 0 Å². The zero-order valence-electron chi connectivity index (χ0n) is 11.1. The average Bonchev–Trinajstić information content (AvgIpc) is 2.71. The lowest BCUT2D eigenvalue weighted by molar-refractivity contribution is -0.326. The van der Waals surface area contributed by atoms with Crippen molar-refractivity contribution in [3.8, 4) is 0 Å². The van der Waals surface area contributed by atoms with Gasteiger partial charge in [0.05, 0.1) is 6.61 Å². The highest BCUT2D eigenvalue weighted by Crippen LogP contribution is 2.43. The zero-order chi connectivity index (χ0) is 13.2. The Morgan fingerprint density at radius 3 is 2.33 bits per heavy atom. The SMILES string of the molecule is CC1(C)O[C@@H]2[C@@H](O)[C@@]3(COC(C)(C)O3)OC[C@H]2O1.